The van der Waals surface area contributed by atoms with Crippen molar-refractivity contribution in [2.24, 2.45) is 0 Å². The molecule has 2 rings (SSSR count). The fourth-order valence-corrected chi connectivity index (χ4v) is 2.50. The van der Waals surface area contributed by atoms with Crippen LogP contribution in [0.15, 0.2) is 36.4 Å². The van der Waals surface area contributed by atoms with Crippen molar-refractivity contribution in [3.05, 3.63) is 47.5 Å². The lowest BCUT2D eigenvalue weighted by Gasteiger charge is -2.18. The van der Waals surface area contributed by atoms with Gasteiger partial charge in [0, 0.05) is 18.6 Å². The first kappa shape index (κ1) is 17.1. The molecule has 8 nitrogen and oxygen atoms in total. The fourth-order valence-electron chi connectivity index (χ4n) is 2.09. The van der Waals surface area contributed by atoms with Crippen LogP contribution in [-0.2, 0) is 11.0 Å². The summed E-state index contributed by atoms with van der Waals surface area (Å²) in [6.07, 6.45) is -1.38. The van der Waals surface area contributed by atoms with Crippen molar-refractivity contribution in [2.75, 3.05) is 0 Å². The summed E-state index contributed by atoms with van der Waals surface area (Å²) >= 11 is 0. The number of benzene rings is 2. The molecule has 1 unspecified atom stereocenters. The SMILES string of the molecule is O=P(O)(O)Oc1cc(O)cc(O)c1C(O)Cc1ccc(O)cc1. The van der Waals surface area contributed by atoms with Crippen molar-refractivity contribution in [1.29, 1.82) is 0 Å². The van der Waals surface area contributed by atoms with Crippen LogP contribution in [0.2, 0.25) is 0 Å². The molecule has 0 aliphatic rings. The van der Waals surface area contributed by atoms with Crippen molar-refractivity contribution in [3.63, 3.8) is 0 Å². The maximum absolute atomic E-state index is 11.0. The molecule has 9 heteroatoms. The minimum atomic E-state index is -4.95. The highest BCUT2D eigenvalue weighted by Gasteiger charge is 2.25. The summed E-state index contributed by atoms with van der Waals surface area (Å²) < 4.78 is 15.4. The van der Waals surface area contributed by atoms with E-state index >= 15 is 0 Å². The number of aromatic hydroxyl groups is 3. The van der Waals surface area contributed by atoms with Crippen molar-refractivity contribution in [2.45, 2.75) is 12.5 Å². The first-order valence-corrected chi connectivity index (χ1v) is 7.96. The first-order chi connectivity index (χ1) is 10.7. The molecule has 0 saturated heterocycles. The molecule has 0 aliphatic heterocycles. The normalized spacial score (nSPS) is 12.8. The molecule has 0 bridgehead atoms. The van der Waals surface area contributed by atoms with Crippen LogP contribution in [0.25, 0.3) is 0 Å². The average Bonchev–Trinajstić information content (AvgIpc) is 2.38. The summed E-state index contributed by atoms with van der Waals surface area (Å²) in [5.74, 6) is -1.53. The molecule has 0 aromatic heterocycles. The average molecular weight is 342 g/mol. The molecule has 0 saturated carbocycles. The molecule has 0 fully saturated rings. The smallest absolute Gasteiger partial charge is 0.508 e. The molecular weight excluding hydrogens is 327 g/mol. The van der Waals surface area contributed by atoms with Gasteiger partial charge in [0.25, 0.3) is 0 Å². The van der Waals surface area contributed by atoms with E-state index in [9.17, 15) is 25.0 Å². The summed E-state index contributed by atoms with van der Waals surface area (Å²) in [4.78, 5) is 17.8. The summed E-state index contributed by atoms with van der Waals surface area (Å²) in [5, 5.41) is 38.8. The monoisotopic (exact) mass is 342 g/mol. The number of phenols is 3. The van der Waals surface area contributed by atoms with E-state index in [-0.39, 0.29) is 17.7 Å². The second-order valence-electron chi connectivity index (χ2n) is 4.84. The van der Waals surface area contributed by atoms with Crippen LogP contribution in [0.1, 0.15) is 17.2 Å². The van der Waals surface area contributed by atoms with Gasteiger partial charge in [-0.05, 0) is 17.7 Å². The summed E-state index contributed by atoms with van der Waals surface area (Å²) in [6.45, 7) is 0. The molecule has 0 spiro atoms. The molecule has 0 amide bonds. The van der Waals surface area contributed by atoms with E-state index in [1.54, 1.807) is 12.1 Å². The van der Waals surface area contributed by atoms with Gasteiger partial charge in [-0.25, -0.2) is 4.57 Å². The number of phosphoric ester groups is 1. The van der Waals surface area contributed by atoms with E-state index in [2.05, 4.69) is 4.52 Å². The zero-order chi connectivity index (χ0) is 17.2. The number of hydrogen-bond donors (Lipinski definition) is 6. The quantitative estimate of drug-likeness (QED) is 0.448. The van der Waals surface area contributed by atoms with Gasteiger partial charge < -0.3 is 24.9 Å². The Kier molecular flexibility index (Phi) is 4.82. The maximum Gasteiger partial charge on any atom is 0.524 e. The van der Waals surface area contributed by atoms with Crippen LogP contribution >= 0.6 is 7.82 Å². The molecule has 0 heterocycles. The molecule has 6 N–H and O–H groups in total. The highest BCUT2D eigenvalue weighted by Crippen LogP contribution is 2.45. The molecule has 124 valence electrons. The van der Waals surface area contributed by atoms with Gasteiger partial charge in [0.15, 0.2) is 0 Å². The van der Waals surface area contributed by atoms with Crippen LogP contribution in [0.4, 0.5) is 0 Å². The van der Waals surface area contributed by atoms with Gasteiger partial charge in [-0.2, -0.15) is 0 Å². The Labute approximate surface area is 131 Å². The zero-order valence-electron chi connectivity index (χ0n) is 11.7. The number of phenolic OH excluding ortho intramolecular Hbond substituents is 3. The number of hydrogen-bond acceptors (Lipinski definition) is 6. The predicted molar refractivity (Wildman–Crippen MR) is 79.2 cm³/mol. The van der Waals surface area contributed by atoms with E-state index < -0.39 is 31.2 Å². The van der Waals surface area contributed by atoms with E-state index in [0.29, 0.717) is 5.56 Å². The molecule has 0 radical (unpaired) electrons. The van der Waals surface area contributed by atoms with Gasteiger partial charge in [0.2, 0.25) is 0 Å². The second-order valence-corrected chi connectivity index (χ2v) is 6.01. The number of aliphatic hydroxyl groups excluding tert-OH is 1. The van der Waals surface area contributed by atoms with Crippen LogP contribution in [0, 0.1) is 0 Å². The van der Waals surface area contributed by atoms with E-state index in [0.717, 1.165) is 12.1 Å². The number of phosphoric acid groups is 1. The van der Waals surface area contributed by atoms with Gasteiger partial charge in [-0.1, -0.05) is 12.1 Å². The van der Waals surface area contributed by atoms with Crippen molar-refractivity contribution in [3.8, 4) is 23.0 Å². The Morgan fingerprint density at radius 2 is 1.61 bits per heavy atom. The Balaban J connectivity index is 2.36. The van der Waals surface area contributed by atoms with Gasteiger partial charge in [0.05, 0.1) is 11.7 Å². The van der Waals surface area contributed by atoms with E-state index in [1.165, 1.54) is 12.1 Å². The third-order valence-electron chi connectivity index (χ3n) is 3.02. The molecular formula is C14H15O8P. The molecule has 1 atom stereocenters. The fraction of sp³-hybridized carbons (Fsp3) is 0.143. The third-order valence-corrected chi connectivity index (χ3v) is 3.46. The summed E-state index contributed by atoms with van der Waals surface area (Å²) in [5.41, 5.74) is 0.337. The van der Waals surface area contributed by atoms with Crippen LogP contribution in [-0.4, -0.2) is 30.2 Å². The Bertz CT molecular complexity index is 737. The number of rotatable bonds is 5. The summed E-state index contributed by atoms with van der Waals surface area (Å²) in [6, 6.07) is 7.70. The Hall–Kier alpha value is -2.25. The van der Waals surface area contributed by atoms with Crippen molar-refractivity contribution in [1.82, 2.24) is 0 Å². The molecule has 2 aromatic carbocycles. The van der Waals surface area contributed by atoms with Gasteiger partial charge in [0.1, 0.15) is 23.0 Å². The first-order valence-electron chi connectivity index (χ1n) is 6.42. The van der Waals surface area contributed by atoms with Gasteiger partial charge >= 0.3 is 7.82 Å². The largest absolute Gasteiger partial charge is 0.524 e. The maximum atomic E-state index is 11.0. The van der Waals surface area contributed by atoms with E-state index in [1.807, 2.05) is 0 Å². The molecule has 2 aromatic rings. The van der Waals surface area contributed by atoms with Gasteiger partial charge in [-0.15, -0.1) is 0 Å². The standard InChI is InChI=1S/C14H15O8P/c15-9-3-1-8(2-4-9)5-11(17)14-12(18)6-10(16)7-13(14)22-23(19,20)21/h1-4,6-7,11,15-18H,5H2,(H2,19,20,21). The van der Waals surface area contributed by atoms with Gasteiger partial charge in [-0.3, -0.25) is 9.79 Å². The summed E-state index contributed by atoms with van der Waals surface area (Å²) in [7, 11) is -4.95. The van der Waals surface area contributed by atoms with E-state index in [4.69, 9.17) is 9.79 Å². The minimum Gasteiger partial charge on any atom is -0.508 e. The lowest BCUT2D eigenvalue weighted by atomic mass is 9.99. The minimum absolute atomic E-state index is 0.0177. The lowest BCUT2D eigenvalue weighted by Crippen LogP contribution is -2.05. The molecule has 23 heavy (non-hydrogen) atoms. The highest BCUT2D eigenvalue weighted by molar-refractivity contribution is 7.46. The highest BCUT2D eigenvalue weighted by atomic mass is 31.2. The molecule has 0 aliphatic carbocycles. The topological polar surface area (TPSA) is 148 Å². The second kappa shape index (κ2) is 6.47. The van der Waals surface area contributed by atoms with Crippen molar-refractivity contribution >= 4 is 7.82 Å². The third kappa shape index (κ3) is 4.61. The zero-order valence-corrected chi connectivity index (χ0v) is 12.6. The number of aliphatic hydroxyl groups is 1. The Morgan fingerprint density at radius 3 is 2.17 bits per heavy atom. The van der Waals surface area contributed by atoms with Crippen LogP contribution in [0.3, 0.4) is 0 Å². The lowest BCUT2D eigenvalue weighted by molar-refractivity contribution is 0.170. The van der Waals surface area contributed by atoms with Crippen molar-refractivity contribution < 1.29 is 39.3 Å². The predicted octanol–water partition coefficient (Wildman–Crippen LogP) is 1.55. The van der Waals surface area contributed by atoms with Crippen LogP contribution in [0.5, 0.6) is 23.0 Å². The van der Waals surface area contributed by atoms with Crippen LogP contribution < -0.4 is 4.52 Å². The Morgan fingerprint density at radius 1 is 1.00 bits per heavy atom.